The van der Waals surface area contributed by atoms with Crippen molar-refractivity contribution in [2.45, 2.75) is 69.9 Å². The predicted octanol–water partition coefficient (Wildman–Crippen LogP) is 3.31. The average Bonchev–Trinajstić information content (AvgIpc) is 2.76. The topological polar surface area (TPSA) is 32.3 Å². The maximum Gasteiger partial charge on any atom is 0.102 e. The van der Waals surface area contributed by atoms with Crippen LogP contribution in [0.2, 0.25) is 0 Å². The molecule has 2 unspecified atom stereocenters. The van der Waals surface area contributed by atoms with Crippen LogP contribution in [0.15, 0.2) is 18.2 Å². The van der Waals surface area contributed by atoms with E-state index < -0.39 is 5.60 Å². The molecule has 1 aliphatic carbocycles. The van der Waals surface area contributed by atoms with E-state index in [0.29, 0.717) is 0 Å². The van der Waals surface area contributed by atoms with E-state index in [2.05, 4.69) is 23.5 Å². The zero-order chi connectivity index (χ0) is 14.0. The molecule has 1 aromatic rings. The molecule has 0 amide bonds. The fraction of sp³-hybridized carbons (Fsp3) is 0.667. The minimum atomic E-state index is -0.753. The Labute approximate surface area is 122 Å². The lowest BCUT2D eigenvalue weighted by molar-refractivity contribution is 0.0135. The summed E-state index contributed by atoms with van der Waals surface area (Å²) in [5, 5.41) is 14.6. The van der Waals surface area contributed by atoms with Crippen molar-refractivity contribution in [1.29, 1.82) is 0 Å². The maximum absolute atomic E-state index is 11.1. The van der Waals surface area contributed by atoms with Crippen LogP contribution in [0, 0.1) is 0 Å². The van der Waals surface area contributed by atoms with Gasteiger partial charge in [-0.05, 0) is 68.7 Å². The van der Waals surface area contributed by atoms with Crippen molar-refractivity contribution >= 4 is 0 Å². The van der Waals surface area contributed by atoms with E-state index in [-0.39, 0.29) is 6.04 Å². The van der Waals surface area contributed by atoms with Crippen LogP contribution >= 0.6 is 0 Å². The van der Waals surface area contributed by atoms with Crippen molar-refractivity contribution in [1.82, 2.24) is 5.32 Å². The van der Waals surface area contributed by atoms with Gasteiger partial charge in [-0.3, -0.25) is 0 Å². The molecule has 1 saturated heterocycles. The van der Waals surface area contributed by atoms with Gasteiger partial charge in [-0.2, -0.15) is 0 Å². The number of fused-ring (bicyclic) bond motifs is 1. The molecule has 0 spiro atoms. The molecule has 3 rings (SSSR count). The van der Waals surface area contributed by atoms with Crippen LogP contribution in [0.25, 0.3) is 0 Å². The number of hydrogen-bond acceptors (Lipinski definition) is 2. The molecule has 1 fully saturated rings. The van der Waals surface area contributed by atoms with E-state index >= 15 is 0 Å². The fourth-order valence-electron chi connectivity index (χ4n) is 3.76. The van der Waals surface area contributed by atoms with Crippen molar-refractivity contribution in [2.75, 3.05) is 6.54 Å². The number of hydrogen-bond donors (Lipinski definition) is 2. The van der Waals surface area contributed by atoms with E-state index in [1.54, 1.807) is 0 Å². The van der Waals surface area contributed by atoms with Crippen molar-refractivity contribution in [3.63, 3.8) is 0 Å². The molecule has 0 bridgehead atoms. The van der Waals surface area contributed by atoms with Gasteiger partial charge in [-0.1, -0.05) is 31.0 Å². The molecule has 0 radical (unpaired) electrons. The molecule has 2 nitrogen and oxygen atoms in total. The van der Waals surface area contributed by atoms with Gasteiger partial charge < -0.3 is 10.4 Å². The summed E-state index contributed by atoms with van der Waals surface area (Å²) in [5.41, 5.74) is 3.29. The molecule has 0 saturated carbocycles. The number of aryl methyl sites for hydroxylation is 2. The Balaban J connectivity index is 1.85. The Bertz CT molecular complexity index is 458. The van der Waals surface area contributed by atoms with Crippen LogP contribution in [0.1, 0.15) is 62.1 Å². The molecule has 1 aromatic carbocycles. The van der Waals surface area contributed by atoms with Crippen LogP contribution in [0.5, 0.6) is 0 Å². The molecule has 20 heavy (non-hydrogen) atoms. The van der Waals surface area contributed by atoms with E-state index in [1.807, 2.05) is 6.92 Å². The lowest BCUT2D eigenvalue weighted by Crippen LogP contribution is -2.46. The average molecular weight is 273 g/mol. The molecule has 1 heterocycles. The highest BCUT2D eigenvalue weighted by Crippen LogP contribution is 2.32. The smallest absolute Gasteiger partial charge is 0.102 e. The van der Waals surface area contributed by atoms with Crippen molar-refractivity contribution in [2.24, 2.45) is 0 Å². The normalized spacial score (nSPS) is 26.4. The second-order valence-electron chi connectivity index (χ2n) is 6.69. The van der Waals surface area contributed by atoms with E-state index in [0.717, 1.165) is 18.5 Å². The summed E-state index contributed by atoms with van der Waals surface area (Å²) >= 11 is 0. The third kappa shape index (κ3) is 2.77. The second-order valence-corrected chi connectivity index (χ2v) is 6.69. The lowest BCUT2D eigenvalue weighted by atomic mass is 9.82. The molecule has 2 N–H and O–H groups in total. The molecule has 2 heteroatoms. The van der Waals surface area contributed by atoms with Gasteiger partial charge in [-0.25, -0.2) is 0 Å². The van der Waals surface area contributed by atoms with Gasteiger partial charge in [0, 0.05) is 6.04 Å². The Morgan fingerprint density at radius 1 is 1.05 bits per heavy atom. The van der Waals surface area contributed by atoms with Crippen LogP contribution in [0.4, 0.5) is 0 Å². The minimum absolute atomic E-state index is 0.187. The SMILES string of the molecule is CC(O)(c1ccc2c(c1)CCCC2)C1CCCCCN1. The Kier molecular flexibility index (Phi) is 4.13. The van der Waals surface area contributed by atoms with Gasteiger partial charge in [0.1, 0.15) is 5.60 Å². The van der Waals surface area contributed by atoms with Crippen molar-refractivity contribution < 1.29 is 5.11 Å². The summed E-state index contributed by atoms with van der Waals surface area (Å²) in [6.45, 7) is 3.02. The van der Waals surface area contributed by atoms with Crippen molar-refractivity contribution in [3.05, 3.63) is 34.9 Å². The molecule has 2 aliphatic rings. The zero-order valence-corrected chi connectivity index (χ0v) is 12.6. The van der Waals surface area contributed by atoms with Crippen LogP contribution in [-0.2, 0) is 18.4 Å². The molecule has 2 atom stereocenters. The molecular weight excluding hydrogens is 246 g/mol. The highest BCUT2D eigenvalue weighted by molar-refractivity contribution is 5.37. The largest absolute Gasteiger partial charge is 0.384 e. The molecular formula is C18H27NO. The van der Waals surface area contributed by atoms with Gasteiger partial charge >= 0.3 is 0 Å². The quantitative estimate of drug-likeness (QED) is 0.866. The Morgan fingerprint density at radius 3 is 2.70 bits per heavy atom. The number of aliphatic hydroxyl groups is 1. The first kappa shape index (κ1) is 14.1. The standard InChI is InChI=1S/C18H27NO/c1-18(20,17-9-3-2-6-12-19-17)16-11-10-14-7-4-5-8-15(14)13-16/h10-11,13,17,19-20H,2-9,12H2,1H3. The van der Waals surface area contributed by atoms with Gasteiger partial charge in [0.2, 0.25) is 0 Å². The first-order valence-electron chi connectivity index (χ1n) is 8.26. The predicted molar refractivity (Wildman–Crippen MR) is 82.9 cm³/mol. The Morgan fingerprint density at radius 2 is 1.85 bits per heavy atom. The van der Waals surface area contributed by atoms with Gasteiger partial charge in [0.05, 0.1) is 0 Å². The summed E-state index contributed by atoms with van der Waals surface area (Å²) in [6, 6.07) is 6.85. The monoisotopic (exact) mass is 273 g/mol. The van der Waals surface area contributed by atoms with Crippen LogP contribution < -0.4 is 5.32 Å². The second kappa shape index (κ2) is 5.87. The molecule has 0 aromatic heterocycles. The third-order valence-corrected chi connectivity index (χ3v) is 5.17. The maximum atomic E-state index is 11.1. The molecule has 1 aliphatic heterocycles. The van der Waals surface area contributed by atoms with Gasteiger partial charge in [-0.15, -0.1) is 0 Å². The number of nitrogens with one attached hydrogen (secondary N) is 1. The molecule has 110 valence electrons. The third-order valence-electron chi connectivity index (χ3n) is 5.17. The van der Waals surface area contributed by atoms with E-state index in [1.165, 1.54) is 56.1 Å². The highest BCUT2D eigenvalue weighted by Gasteiger charge is 2.34. The minimum Gasteiger partial charge on any atom is -0.384 e. The summed E-state index contributed by atoms with van der Waals surface area (Å²) in [7, 11) is 0. The van der Waals surface area contributed by atoms with Crippen molar-refractivity contribution in [3.8, 4) is 0 Å². The summed E-state index contributed by atoms with van der Waals surface area (Å²) < 4.78 is 0. The lowest BCUT2D eigenvalue weighted by Gasteiger charge is -2.34. The summed E-state index contributed by atoms with van der Waals surface area (Å²) in [4.78, 5) is 0. The zero-order valence-electron chi connectivity index (χ0n) is 12.6. The van der Waals surface area contributed by atoms with E-state index in [4.69, 9.17) is 0 Å². The Hall–Kier alpha value is -0.860. The first-order chi connectivity index (χ1) is 9.68. The van der Waals surface area contributed by atoms with Crippen LogP contribution in [-0.4, -0.2) is 17.7 Å². The first-order valence-corrected chi connectivity index (χ1v) is 8.26. The van der Waals surface area contributed by atoms with E-state index in [9.17, 15) is 5.11 Å². The highest BCUT2D eigenvalue weighted by atomic mass is 16.3. The fourth-order valence-corrected chi connectivity index (χ4v) is 3.76. The van der Waals surface area contributed by atoms with Crippen LogP contribution in [0.3, 0.4) is 0 Å². The number of benzene rings is 1. The number of rotatable bonds is 2. The van der Waals surface area contributed by atoms with Gasteiger partial charge in [0.25, 0.3) is 0 Å². The van der Waals surface area contributed by atoms with Gasteiger partial charge in [0.15, 0.2) is 0 Å². The summed E-state index contributed by atoms with van der Waals surface area (Å²) in [5.74, 6) is 0. The summed E-state index contributed by atoms with van der Waals surface area (Å²) in [6.07, 6.45) is 9.80.